The van der Waals surface area contributed by atoms with Crippen LogP contribution < -0.4 is 10.2 Å². The summed E-state index contributed by atoms with van der Waals surface area (Å²) in [5.41, 5.74) is 2.01. The number of amides is 1. The molecular weight excluding hydrogens is 375 g/mol. The number of piperazine rings is 1. The first-order chi connectivity index (χ1) is 13.9. The summed E-state index contributed by atoms with van der Waals surface area (Å²) in [7, 11) is 0. The molecule has 7 nitrogen and oxygen atoms in total. The van der Waals surface area contributed by atoms with Crippen molar-refractivity contribution in [2.45, 2.75) is 19.4 Å². The number of carbonyl (C=O) groups excluding carboxylic acids is 1. The van der Waals surface area contributed by atoms with E-state index < -0.39 is 4.92 Å². The van der Waals surface area contributed by atoms with Crippen molar-refractivity contribution in [3.63, 3.8) is 0 Å². The van der Waals surface area contributed by atoms with Gasteiger partial charge in [0, 0.05) is 50.5 Å². The number of hydrogen-bond acceptors (Lipinski definition) is 5. The summed E-state index contributed by atoms with van der Waals surface area (Å²) in [4.78, 5) is 27.1. The first-order valence-corrected chi connectivity index (χ1v) is 9.69. The van der Waals surface area contributed by atoms with Gasteiger partial charge in [-0.25, -0.2) is 4.39 Å². The van der Waals surface area contributed by atoms with Gasteiger partial charge in [-0.1, -0.05) is 12.1 Å². The number of rotatable bonds is 7. The molecule has 3 rings (SSSR count). The molecule has 0 spiro atoms. The Kier molecular flexibility index (Phi) is 6.77. The molecule has 0 aliphatic carbocycles. The van der Waals surface area contributed by atoms with Crippen LogP contribution in [0.15, 0.2) is 48.5 Å². The van der Waals surface area contributed by atoms with Crippen LogP contribution in [0.2, 0.25) is 0 Å². The van der Waals surface area contributed by atoms with Gasteiger partial charge in [-0.2, -0.15) is 0 Å². The Labute approximate surface area is 169 Å². The molecule has 8 heteroatoms. The van der Waals surface area contributed by atoms with Crippen LogP contribution in [0, 0.1) is 15.9 Å². The summed E-state index contributed by atoms with van der Waals surface area (Å²) in [5, 5.41) is 13.7. The second kappa shape index (κ2) is 9.47. The maximum absolute atomic E-state index is 12.9. The molecule has 1 aliphatic heterocycles. The summed E-state index contributed by atoms with van der Waals surface area (Å²) >= 11 is 0. The highest BCUT2D eigenvalue weighted by molar-refractivity contribution is 5.81. The molecule has 0 bridgehead atoms. The molecule has 1 fully saturated rings. The van der Waals surface area contributed by atoms with Crippen molar-refractivity contribution in [2.75, 3.05) is 37.6 Å². The van der Waals surface area contributed by atoms with Gasteiger partial charge in [0.2, 0.25) is 5.91 Å². The minimum atomic E-state index is -0.405. The first kappa shape index (κ1) is 20.7. The van der Waals surface area contributed by atoms with Gasteiger partial charge in [-0.3, -0.25) is 19.8 Å². The van der Waals surface area contributed by atoms with Gasteiger partial charge in [-0.15, -0.1) is 0 Å². The fraction of sp³-hybridized carbons (Fsp3) is 0.381. The van der Waals surface area contributed by atoms with Gasteiger partial charge >= 0.3 is 0 Å². The first-order valence-electron chi connectivity index (χ1n) is 9.69. The lowest BCUT2D eigenvalue weighted by Gasteiger charge is -2.38. The minimum Gasteiger partial charge on any atom is -0.369 e. The molecule has 2 aromatic rings. The molecule has 1 amide bonds. The zero-order valence-electron chi connectivity index (χ0n) is 16.4. The lowest BCUT2D eigenvalue weighted by atomic mass is 10.1. The summed E-state index contributed by atoms with van der Waals surface area (Å²) in [6.45, 7) is 5.40. The lowest BCUT2D eigenvalue weighted by molar-refractivity contribution is -0.384. The van der Waals surface area contributed by atoms with Crippen LogP contribution in [0.1, 0.15) is 12.5 Å². The van der Waals surface area contributed by atoms with Gasteiger partial charge in [-0.05, 0) is 43.2 Å². The molecule has 29 heavy (non-hydrogen) atoms. The number of nitro groups is 1. The van der Waals surface area contributed by atoms with E-state index in [9.17, 15) is 19.3 Å². The van der Waals surface area contributed by atoms with Crippen molar-refractivity contribution in [2.24, 2.45) is 0 Å². The number of nitrogens with zero attached hydrogens (tertiary/aromatic N) is 3. The third kappa shape index (κ3) is 5.51. The molecule has 1 N–H and O–H groups in total. The smallest absolute Gasteiger partial charge is 0.269 e. The van der Waals surface area contributed by atoms with E-state index in [1.807, 2.05) is 6.92 Å². The zero-order valence-corrected chi connectivity index (χ0v) is 16.4. The molecule has 1 saturated heterocycles. The van der Waals surface area contributed by atoms with E-state index >= 15 is 0 Å². The second-order valence-electron chi connectivity index (χ2n) is 7.14. The van der Waals surface area contributed by atoms with Crippen LogP contribution in [-0.4, -0.2) is 54.5 Å². The number of non-ortho nitro benzene ring substituents is 1. The predicted octanol–water partition coefficient (Wildman–Crippen LogP) is 2.60. The van der Waals surface area contributed by atoms with E-state index in [0.29, 0.717) is 13.0 Å². The fourth-order valence-electron chi connectivity index (χ4n) is 3.45. The summed E-state index contributed by atoms with van der Waals surface area (Å²) in [5.74, 6) is -0.282. The molecular formula is C21H25FN4O3. The number of halogens is 1. The Morgan fingerprint density at radius 1 is 1.10 bits per heavy atom. The van der Waals surface area contributed by atoms with Crippen LogP contribution in [0.25, 0.3) is 0 Å². The predicted molar refractivity (Wildman–Crippen MR) is 109 cm³/mol. The van der Waals surface area contributed by atoms with Gasteiger partial charge < -0.3 is 10.2 Å². The van der Waals surface area contributed by atoms with E-state index in [0.717, 1.165) is 37.4 Å². The molecule has 1 aliphatic rings. The zero-order chi connectivity index (χ0) is 20.8. The highest BCUT2D eigenvalue weighted by atomic mass is 19.1. The molecule has 0 radical (unpaired) electrons. The number of benzene rings is 2. The molecule has 0 aromatic heterocycles. The van der Waals surface area contributed by atoms with Crippen molar-refractivity contribution in [3.05, 3.63) is 70.0 Å². The quantitative estimate of drug-likeness (QED) is 0.571. The van der Waals surface area contributed by atoms with Crippen LogP contribution in [0.5, 0.6) is 0 Å². The van der Waals surface area contributed by atoms with Crippen LogP contribution in [0.4, 0.5) is 15.8 Å². The van der Waals surface area contributed by atoms with Crippen LogP contribution in [-0.2, 0) is 11.2 Å². The van der Waals surface area contributed by atoms with Crippen LogP contribution in [0.3, 0.4) is 0 Å². The normalized spacial score (nSPS) is 15.7. The standard InChI is InChI=1S/C21H25FN4O3/c1-16(21(27)23-11-10-17-2-4-18(22)5-3-17)24-12-14-25(15-13-24)19-6-8-20(9-7-19)26(28)29/h2-9,16H,10-15H2,1H3,(H,23,27)/t16-/m1/s1. The number of anilines is 1. The van der Waals surface area contributed by atoms with Gasteiger partial charge in [0.1, 0.15) is 5.82 Å². The summed E-state index contributed by atoms with van der Waals surface area (Å²) in [6, 6.07) is 12.6. The molecule has 0 saturated carbocycles. The summed E-state index contributed by atoms with van der Waals surface area (Å²) < 4.78 is 12.9. The molecule has 154 valence electrons. The van der Waals surface area contributed by atoms with E-state index in [1.165, 1.54) is 24.3 Å². The Morgan fingerprint density at radius 3 is 2.31 bits per heavy atom. The van der Waals surface area contributed by atoms with E-state index in [4.69, 9.17) is 0 Å². The SMILES string of the molecule is C[C@H](C(=O)NCCc1ccc(F)cc1)N1CCN(c2ccc([N+](=O)[O-])cc2)CC1. The average molecular weight is 400 g/mol. The van der Waals surface area contributed by atoms with Gasteiger partial charge in [0.15, 0.2) is 0 Å². The molecule has 2 aromatic carbocycles. The molecule has 0 unspecified atom stereocenters. The molecule has 1 atom stereocenters. The lowest BCUT2D eigenvalue weighted by Crippen LogP contribution is -2.54. The maximum Gasteiger partial charge on any atom is 0.269 e. The Bertz CT molecular complexity index is 834. The average Bonchev–Trinajstić information content (AvgIpc) is 2.74. The highest BCUT2D eigenvalue weighted by Gasteiger charge is 2.25. The number of nitrogens with one attached hydrogen (secondary N) is 1. The largest absolute Gasteiger partial charge is 0.369 e. The number of hydrogen-bond donors (Lipinski definition) is 1. The van der Waals surface area contributed by atoms with Crippen molar-refractivity contribution >= 4 is 17.3 Å². The monoisotopic (exact) mass is 400 g/mol. The van der Waals surface area contributed by atoms with Crippen molar-refractivity contribution < 1.29 is 14.1 Å². The van der Waals surface area contributed by atoms with Crippen molar-refractivity contribution in [3.8, 4) is 0 Å². The number of carbonyl (C=O) groups is 1. The minimum absolute atomic E-state index is 0.0177. The van der Waals surface area contributed by atoms with Gasteiger partial charge in [0.25, 0.3) is 5.69 Å². The third-order valence-electron chi connectivity index (χ3n) is 5.29. The topological polar surface area (TPSA) is 78.7 Å². The Balaban J connectivity index is 1.43. The van der Waals surface area contributed by atoms with Crippen LogP contribution >= 0.6 is 0 Å². The van der Waals surface area contributed by atoms with Gasteiger partial charge in [0.05, 0.1) is 11.0 Å². The Hall–Kier alpha value is -3.00. The number of nitro benzene ring substituents is 1. The summed E-state index contributed by atoms with van der Waals surface area (Å²) in [6.07, 6.45) is 0.659. The van der Waals surface area contributed by atoms with E-state index in [1.54, 1.807) is 24.3 Å². The Morgan fingerprint density at radius 2 is 1.72 bits per heavy atom. The van der Waals surface area contributed by atoms with Crippen molar-refractivity contribution in [1.29, 1.82) is 0 Å². The fourth-order valence-corrected chi connectivity index (χ4v) is 3.45. The second-order valence-corrected chi connectivity index (χ2v) is 7.14. The van der Waals surface area contributed by atoms with E-state index in [-0.39, 0.29) is 23.5 Å². The van der Waals surface area contributed by atoms with E-state index in [2.05, 4.69) is 15.1 Å². The molecule has 1 heterocycles. The van der Waals surface area contributed by atoms with Crippen molar-refractivity contribution in [1.82, 2.24) is 10.2 Å². The maximum atomic E-state index is 12.9. The highest BCUT2D eigenvalue weighted by Crippen LogP contribution is 2.21. The third-order valence-corrected chi connectivity index (χ3v) is 5.29.